The summed E-state index contributed by atoms with van der Waals surface area (Å²) in [6.07, 6.45) is 3.49. The quantitative estimate of drug-likeness (QED) is 0.703. The van der Waals surface area contributed by atoms with Crippen LogP contribution < -0.4 is 5.73 Å². The minimum absolute atomic E-state index is 0.00720. The van der Waals surface area contributed by atoms with Crippen LogP contribution in [0, 0.1) is 5.92 Å². The van der Waals surface area contributed by atoms with Crippen LogP contribution in [0.2, 0.25) is 0 Å². The van der Waals surface area contributed by atoms with Crippen LogP contribution in [0.4, 0.5) is 0 Å². The summed E-state index contributed by atoms with van der Waals surface area (Å²) in [5, 5.41) is 19.2. The van der Waals surface area contributed by atoms with Crippen molar-refractivity contribution in [1.82, 2.24) is 4.90 Å². The third-order valence-corrected chi connectivity index (χ3v) is 4.59. The summed E-state index contributed by atoms with van der Waals surface area (Å²) in [6, 6.07) is 4.81. The van der Waals surface area contributed by atoms with E-state index >= 15 is 0 Å². The zero-order valence-corrected chi connectivity index (χ0v) is 13.2. The molecule has 1 aromatic rings. The van der Waals surface area contributed by atoms with Crippen molar-refractivity contribution in [3.05, 3.63) is 23.8 Å². The number of piperidine rings is 1. The van der Waals surface area contributed by atoms with Crippen LogP contribution in [-0.2, 0) is 4.79 Å². The lowest BCUT2D eigenvalue weighted by Crippen LogP contribution is -2.36. The van der Waals surface area contributed by atoms with Crippen molar-refractivity contribution in [1.29, 1.82) is 0 Å². The molecule has 5 heteroatoms. The van der Waals surface area contributed by atoms with E-state index in [0.717, 1.165) is 44.5 Å². The van der Waals surface area contributed by atoms with E-state index in [1.54, 1.807) is 12.1 Å². The van der Waals surface area contributed by atoms with Gasteiger partial charge in [0.2, 0.25) is 5.91 Å². The summed E-state index contributed by atoms with van der Waals surface area (Å²) in [7, 11) is 0. The Hall–Kier alpha value is -1.75. The zero-order chi connectivity index (χ0) is 16.1. The molecule has 1 aromatic carbocycles. The SMILES string of the molecule is CCCN1CCC(C(CC(N)=O)c2ccc(O)c(O)c2)CC1. The third-order valence-electron chi connectivity index (χ3n) is 4.59. The molecule has 4 N–H and O–H groups in total. The van der Waals surface area contributed by atoms with Crippen molar-refractivity contribution in [2.45, 2.75) is 38.5 Å². The molecule has 0 spiro atoms. The summed E-state index contributed by atoms with van der Waals surface area (Å²) < 4.78 is 0. The van der Waals surface area contributed by atoms with E-state index in [2.05, 4.69) is 11.8 Å². The predicted octanol–water partition coefficient (Wildman–Crippen LogP) is 2.18. The molecule has 1 amide bonds. The Morgan fingerprint density at radius 1 is 1.32 bits per heavy atom. The number of amides is 1. The van der Waals surface area contributed by atoms with Gasteiger partial charge in [0.1, 0.15) is 0 Å². The molecule has 2 rings (SSSR count). The first-order valence-electron chi connectivity index (χ1n) is 8.03. The van der Waals surface area contributed by atoms with Crippen molar-refractivity contribution in [2.75, 3.05) is 19.6 Å². The Kier molecular flexibility index (Phi) is 5.66. The first-order valence-corrected chi connectivity index (χ1v) is 8.03. The number of likely N-dealkylation sites (tertiary alicyclic amines) is 1. The van der Waals surface area contributed by atoms with Crippen LogP contribution in [0.15, 0.2) is 18.2 Å². The molecule has 22 heavy (non-hydrogen) atoms. The van der Waals surface area contributed by atoms with E-state index in [1.165, 1.54) is 6.07 Å². The summed E-state index contributed by atoms with van der Waals surface area (Å²) in [5.74, 6) is -0.222. The van der Waals surface area contributed by atoms with Crippen molar-refractivity contribution in [2.24, 2.45) is 11.7 Å². The number of carbonyl (C=O) groups is 1. The van der Waals surface area contributed by atoms with Crippen molar-refractivity contribution < 1.29 is 15.0 Å². The number of hydrogen-bond donors (Lipinski definition) is 3. The zero-order valence-electron chi connectivity index (χ0n) is 13.2. The number of phenols is 2. The number of nitrogens with zero attached hydrogens (tertiary/aromatic N) is 1. The Labute approximate surface area is 131 Å². The average Bonchev–Trinajstić information content (AvgIpc) is 2.49. The van der Waals surface area contributed by atoms with Gasteiger partial charge in [0, 0.05) is 6.42 Å². The highest BCUT2D eigenvalue weighted by atomic mass is 16.3. The van der Waals surface area contributed by atoms with Gasteiger partial charge in [0.25, 0.3) is 0 Å². The van der Waals surface area contributed by atoms with E-state index in [9.17, 15) is 15.0 Å². The van der Waals surface area contributed by atoms with Crippen LogP contribution >= 0.6 is 0 Å². The van der Waals surface area contributed by atoms with E-state index in [4.69, 9.17) is 5.73 Å². The second-order valence-corrected chi connectivity index (χ2v) is 6.20. The lowest BCUT2D eigenvalue weighted by atomic mass is 9.78. The second kappa shape index (κ2) is 7.49. The fourth-order valence-corrected chi connectivity index (χ4v) is 3.44. The molecule has 1 fully saturated rings. The van der Waals surface area contributed by atoms with Gasteiger partial charge in [-0.1, -0.05) is 13.0 Å². The number of aromatic hydroxyl groups is 2. The fourth-order valence-electron chi connectivity index (χ4n) is 3.44. The molecule has 1 atom stereocenters. The Morgan fingerprint density at radius 3 is 2.55 bits per heavy atom. The van der Waals surface area contributed by atoms with Gasteiger partial charge in [0.15, 0.2) is 11.5 Å². The van der Waals surface area contributed by atoms with E-state index in [1.807, 2.05) is 0 Å². The Balaban J connectivity index is 2.13. The Bertz CT molecular complexity index is 511. The van der Waals surface area contributed by atoms with Crippen LogP contribution in [0.3, 0.4) is 0 Å². The number of carbonyl (C=O) groups excluding carboxylic acids is 1. The molecule has 0 radical (unpaired) electrons. The molecular formula is C17H26N2O3. The fraction of sp³-hybridized carbons (Fsp3) is 0.588. The first kappa shape index (κ1) is 16.6. The van der Waals surface area contributed by atoms with Gasteiger partial charge in [0.05, 0.1) is 0 Å². The number of benzene rings is 1. The van der Waals surface area contributed by atoms with Gasteiger partial charge in [-0.05, 0) is 68.4 Å². The Morgan fingerprint density at radius 2 is 2.00 bits per heavy atom. The predicted molar refractivity (Wildman–Crippen MR) is 85.8 cm³/mol. The van der Waals surface area contributed by atoms with Gasteiger partial charge in [-0.2, -0.15) is 0 Å². The number of nitrogens with two attached hydrogens (primary N) is 1. The maximum absolute atomic E-state index is 11.4. The summed E-state index contributed by atoms with van der Waals surface area (Å²) in [5.41, 5.74) is 6.30. The van der Waals surface area contributed by atoms with Crippen LogP contribution in [0.1, 0.15) is 44.1 Å². The van der Waals surface area contributed by atoms with Gasteiger partial charge < -0.3 is 20.8 Å². The largest absolute Gasteiger partial charge is 0.504 e. The number of hydrogen-bond acceptors (Lipinski definition) is 4. The maximum atomic E-state index is 11.4. The lowest BCUT2D eigenvalue weighted by Gasteiger charge is -2.36. The van der Waals surface area contributed by atoms with Crippen LogP contribution in [0.5, 0.6) is 11.5 Å². The van der Waals surface area contributed by atoms with Gasteiger partial charge >= 0.3 is 0 Å². The van der Waals surface area contributed by atoms with Crippen LogP contribution in [-0.4, -0.2) is 40.7 Å². The third kappa shape index (κ3) is 4.13. The highest BCUT2D eigenvalue weighted by Gasteiger charge is 2.29. The minimum atomic E-state index is -0.325. The number of primary amides is 1. The average molecular weight is 306 g/mol. The number of rotatable bonds is 6. The van der Waals surface area contributed by atoms with Crippen molar-refractivity contribution in [3.8, 4) is 11.5 Å². The molecule has 0 bridgehead atoms. The molecule has 0 aromatic heterocycles. The molecule has 0 saturated carbocycles. The standard InChI is InChI=1S/C17H26N2O3/c1-2-7-19-8-5-12(6-9-19)14(11-17(18)22)13-3-4-15(20)16(21)10-13/h3-4,10,12,14,20-21H,2,5-9,11H2,1H3,(H2,18,22). The monoisotopic (exact) mass is 306 g/mol. The smallest absolute Gasteiger partial charge is 0.218 e. The summed E-state index contributed by atoms with van der Waals surface area (Å²) in [6.45, 7) is 5.38. The summed E-state index contributed by atoms with van der Waals surface area (Å²) in [4.78, 5) is 13.9. The highest BCUT2D eigenvalue weighted by Crippen LogP contribution is 2.38. The molecule has 1 saturated heterocycles. The second-order valence-electron chi connectivity index (χ2n) is 6.20. The molecule has 1 aliphatic heterocycles. The normalized spacial score (nSPS) is 18.2. The lowest BCUT2D eigenvalue weighted by molar-refractivity contribution is -0.118. The molecule has 1 aliphatic rings. The first-order chi connectivity index (χ1) is 10.5. The minimum Gasteiger partial charge on any atom is -0.504 e. The summed E-state index contributed by atoms with van der Waals surface area (Å²) >= 11 is 0. The van der Waals surface area contributed by atoms with E-state index in [0.29, 0.717) is 5.92 Å². The maximum Gasteiger partial charge on any atom is 0.218 e. The van der Waals surface area contributed by atoms with Gasteiger partial charge in [-0.3, -0.25) is 4.79 Å². The molecule has 1 heterocycles. The molecule has 122 valence electrons. The van der Waals surface area contributed by atoms with Gasteiger partial charge in [-0.25, -0.2) is 0 Å². The highest BCUT2D eigenvalue weighted by molar-refractivity contribution is 5.75. The molecule has 5 nitrogen and oxygen atoms in total. The molecule has 1 unspecified atom stereocenters. The van der Waals surface area contributed by atoms with Gasteiger partial charge in [-0.15, -0.1) is 0 Å². The molecular weight excluding hydrogens is 280 g/mol. The van der Waals surface area contributed by atoms with E-state index < -0.39 is 0 Å². The topological polar surface area (TPSA) is 86.8 Å². The van der Waals surface area contributed by atoms with Crippen LogP contribution in [0.25, 0.3) is 0 Å². The number of phenolic OH excluding ortho intramolecular Hbond substituents is 2. The molecule has 0 aliphatic carbocycles. The van der Waals surface area contributed by atoms with Crippen molar-refractivity contribution >= 4 is 5.91 Å². The van der Waals surface area contributed by atoms with Crippen molar-refractivity contribution in [3.63, 3.8) is 0 Å². The van der Waals surface area contributed by atoms with E-state index in [-0.39, 0.29) is 29.7 Å².